The van der Waals surface area contributed by atoms with Crippen molar-refractivity contribution in [3.8, 4) is 0 Å². The first kappa shape index (κ1) is 14.2. The summed E-state index contributed by atoms with van der Waals surface area (Å²) in [5.74, 6) is 1.08. The predicted molar refractivity (Wildman–Crippen MR) is 72.2 cm³/mol. The largest absolute Gasteiger partial charge is 0.334 e. The molecule has 1 aromatic rings. The van der Waals surface area contributed by atoms with E-state index in [0.29, 0.717) is 5.41 Å². The van der Waals surface area contributed by atoms with Crippen molar-refractivity contribution in [1.82, 2.24) is 19.8 Å². The van der Waals surface area contributed by atoms with Crippen molar-refractivity contribution in [1.29, 1.82) is 0 Å². The van der Waals surface area contributed by atoms with Crippen molar-refractivity contribution in [3.05, 3.63) is 18.2 Å². The lowest BCUT2D eigenvalue weighted by atomic mass is 9.93. The average Bonchev–Trinajstić information content (AvgIpc) is 2.57. The van der Waals surface area contributed by atoms with E-state index in [1.54, 1.807) is 0 Å². The molecule has 0 amide bonds. The molecule has 98 valence electrons. The number of aryl methyl sites for hydroxylation is 1. The molecular weight excluding hydrogens is 212 g/mol. The Morgan fingerprint density at radius 3 is 2.65 bits per heavy atom. The topological polar surface area (TPSA) is 33.1 Å². The van der Waals surface area contributed by atoms with Crippen LogP contribution in [0.5, 0.6) is 0 Å². The summed E-state index contributed by atoms with van der Waals surface area (Å²) < 4.78 is 2.17. The number of nitrogens with zero attached hydrogens (tertiary/aromatic N) is 3. The molecule has 1 heterocycles. The van der Waals surface area contributed by atoms with Gasteiger partial charge in [0.2, 0.25) is 0 Å². The Morgan fingerprint density at radius 2 is 2.12 bits per heavy atom. The van der Waals surface area contributed by atoms with Crippen molar-refractivity contribution in [3.63, 3.8) is 0 Å². The number of rotatable bonds is 7. The van der Waals surface area contributed by atoms with Gasteiger partial charge in [-0.1, -0.05) is 13.8 Å². The second-order valence-corrected chi connectivity index (χ2v) is 5.75. The molecular formula is C13H26N4. The molecule has 0 atom stereocenters. The molecule has 0 radical (unpaired) electrons. The van der Waals surface area contributed by atoms with Gasteiger partial charge in [-0.3, -0.25) is 0 Å². The molecule has 17 heavy (non-hydrogen) atoms. The van der Waals surface area contributed by atoms with Gasteiger partial charge in [-0.25, -0.2) is 4.98 Å². The van der Waals surface area contributed by atoms with Crippen LogP contribution in [0.1, 0.15) is 19.7 Å². The van der Waals surface area contributed by atoms with Crippen LogP contribution in [0.2, 0.25) is 0 Å². The van der Waals surface area contributed by atoms with Crippen LogP contribution in [0.25, 0.3) is 0 Å². The van der Waals surface area contributed by atoms with E-state index in [-0.39, 0.29) is 0 Å². The second-order valence-electron chi connectivity index (χ2n) is 5.75. The third-order valence-corrected chi connectivity index (χ3v) is 2.80. The maximum absolute atomic E-state index is 4.21. The smallest absolute Gasteiger partial charge is 0.105 e. The first-order chi connectivity index (χ1) is 7.91. The van der Waals surface area contributed by atoms with E-state index < -0.39 is 0 Å². The predicted octanol–water partition coefficient (Wildman–Crippen LogP) is 1.37. The Labute approximate surface area is 105 Å². The third-order valence-electron chi connectivity index (χ3n) is 2.80. The van der Waals surface area contributed by atoms with E-state index in [9.17, 15) is 0 Å². The van der Waals surface area contributed by atoms with Crippen LogP contribution in [-0.2, 0) is 6.54 Å². The quantitative estimate of drug-likeness (QED) is 0.728. The lowest BCUT2D eigenvalue weighted by Gasteiger charge is -2.28. The Bertz CT molecular complexity index is 328. The highest BCUT2D eigenvalue weighted by molar-refractivity contribution is 4.88. The summed E-state index contributed by atoms with van der Waals surface area (Å²) in [7, 11) is 4.24. The van der Waals surface area contributed by atoms with Gasteiger partial charge >= 0.3 is 0 Å². The van der Waals surface area contributed by atoms with Crippen molar-refractivity contribution < 1.29 is 0 Å². The van der Waals surface area contributed by atoms with Crippen LogP contribution in [-0.4, -0.2) is 48.2 Å². The average molecular weight is 238 g/mol. The summed E-state index contributed by atoms with van der Waals surface area (Å²) in [6, 6.07) is 0. The molecule has 0 fully saturated rings. The maximum atomic E-state index is 4.21. The van der Waals surface area contributed by atoms with Gasteiger partial charge < -0.3 is 14.8 Å². The number of hydrogen-bond acceptors (Lipinski definition) is 3. The molecule has 0 spiro atoms. The highest BCUT2D eigenvalue weighted by Crippen LogP contribution is 2.13. The van der Waals surface area contributed by atoms with E-state index in [4.69, 9.17) is 0 Å². The molecule has 1 aromatic heterocycles. The van der Waals surface area contributed by atoms with Crippen LogP contribution in [0.15, 0.2) is 12.4 Å². The van der Waals surface area contributed by atoms with E-state index in [2.05, 4.69) is 47.7 Å². The number of hydrogen-bond donors (Lipinski definition) is 1. The van der Waals surface area contributed by atoms with Crippen LogP contribution < -0.4 is 5.32 Å². The third kappa shape index (κ3) is 5.33. The first-order valence-corrected chi connectivity index (χ1v) is 6.24. The van der Waals surface area contributed by atoms with Gasteiger partial charge in [0.25, 0.3) is 0 Å². The van der Waals surface area contributed by atoms with E-state index >= 15 is 0 Å². The molecule has 0 saturated carbocycles. The molecule has 1 rings (SSSR count). The Morgan fingerprint density at radius 1 is 1.41 bits per heavy atom. The van der Waals surface area contributed by atoms with Gasteiger partial charge in [-0.15, -0.1) is 0 Å². The minimum atomic E-state index is 0.313. The number of nitrogens with one attached hydrogen (secondary N) is 1. The van der Waals surface area contributed by atoms with E-state index in [0.717, 1.165) is 32.0 Å². The maximum Gasteiger partial charge on any atom is 0.105 e. The van der Waals surface area contributed by atoms with Gasteiger partial charge in [0.1, 0.15) is 5.82 Å². The lowest BCUT2D eigenvalue weighted by molar-refractivity contribution is 0.232. The Kier molecular flexibility index (Phi) is 5.15. The fourth-order valence-electron chi connectivity index (χ4n) is 2.18. The zero-order valence-electron chi connectivity index (χ0n) is 11.8. The van der Waals surface area contributed by atoms with Crippen LogP contribution >= 0.6 is 0 Å². The molecule has 1 N–H and O–H groups in total. The summed E-state index contributed by atoms with van der Waals surface area (Å²) in [5.41, 5.74) is 0.313. The van der Waals surface area contributed by atoms with Crippen LogP contribution in [0.3, 0.4) is 0 Å². The molecule has 0 aromatic carbocycles. The highest BCUT2D eigenvalue weighted by Gasteiger charge is 2.17. The van der Waals surface area contributed by atoms with Crippen LogP contribution in [0.4, 0.5) is 0 Å². The summed E-state index contributed by atoms with van der Waals surface area (Å²) >= 11 is 0. The molecule has 4 heteroatoms. The Hall–Kier alpha value is -0.870. The molecule has 0 aliphatic carbocycles. The second kappa shape index (κ2) is 6.17. The molecule has 0 unspecified atom stereocenters. The van der Waals surface area contributed by atoms with Crippen molar-refractivity contribution >= 4 is 0 Å². The minimum absolute atomic E-state index is 0.313. The monoisotopic (exact) mass is 238 g/mol. The highest BCUT2D eigenvalue weighted by atomic mass is 15.1. The zero-order valence-corrected chi connectivity index (χ0v) is 11.8. The summed E-state index contributed by atoms with van der Waals surface area (Å²) in [5, 5.41) is 3.52. The van der Waals surface area contributed by atoms with Crippen molar-refractivity contribution in [2.45, 2.75) is 27.3 Å². The van der Waals surface area contributed by atoms with Gasteiger partial charge in [0, 0.05) is 38.6 Å². The molecule has 4 nitrogen and oxygen atoms in total. The zero-order chi connectivity index (χ0) is 12.9. The number of imidazole rings is 1. The summed E-state index contributed by atoms with van der Waals surface area (Å²) in [6.45, 7) is 10.8. The van der Waals surface area contributed by atoms with E-state index in [1.807, 2.05) is 19.3 Å². The van der Waals surface area contributed by atoms with E-state index in [1.165, 1.54) is 0 Å². The molecule has 0 saturated heterocycles. The van der Waals surface area contributed by atoms with Crippen molar-refractivity contribution in [2.75, 3.05) is 33.7 Å². The molecule has 0 bridgehead atoms. The first-order valence-electron chi connectivity index (χ1n) is 6.24. The van der Waals surface area contributed by atoms with Crippen LogP contribution in [0, 0.1) is 12.3 Å². The van der Waals surface area contributed by atoms with Gasteiger partial charge in [-0.05, 0) is 26.4 Å². The van der Waals surface area contributed by atoms with Crippen molar-refractivity contribution in [2.24, 2.45) is 5.41 Å². The standard InChI is InChI=1S/C13H26N4/c1-12-15-7-9-17(12)8-6-14-10-13(2,3)11-16(4)5/h7,9,14H,6,8,10-11H2,1-5H3. The van der Waals surface area contributed by atoms with Gasteiger partial charge in [-0.2, -0.15) is 0 Å². The summed E-state index contributed by atoms with van der Waals surface area (Å²) in [6.07, 6.45) is 3.88. The Balaban J connectivity index is 2.22. The SMILES string of the molecule is Cc1nccn1CCNCC(C)(C)CN(C)C. The normalized spacial score (nSPS) is 12.4. The minimum Gasteiger partial charge on any atom is -0.334 e. The van der Waals surface area contributed by atoms with Gasteiger partial charge in [0.15, 0.2) is 0 Å². The fourth-order valence-corrected chi connectivity index (χ4v) is 2.18. The number of aromatic nitrogens is 2. The molecule has 0 aliphatic heterocycles. The lowest BCUT2D eigenvalue weighted by Crippen LogP contribution is -2.38. The van der Waals surface area contributed by atoms with Gasteiger partial charge in [0.05, 0.1) is 0 Å². The summed E-state index contributed by atoms with van der Waals surface area (Å²) in [4.78, 5) is 6.45. The molecule has 0 aliphatic rings. The fraction of sp³-hybridized carbons (Fsp3) is 0.769.